The van der Waals surface area contributed by atoms with E-state index in [2.05, 4.69) is 96.1 Å². The lowest BCUT2D eigenvalue weighted by Gasteiger charge is -2.28. The molecule has 0 aromatic carbocycles. The Hall–Kier alpha value is -0.600. The van der Waals surface area contributed by atoms with Crippen molar-refractivity contribution in [3.8, 4) is 0 Å². The largest absolute Gasteiger partial charge is 0.329 e. The summed E-state index contributed by atoms with van der Waals surface area (Å²) in [6, 6.07) is 2.46. The molecule has 0 atom stereocenters. The van der Waals surface area contributed by atoms with Crippen molar-refractivity contribution in [3.63, 3.8) is 0 Å². The molecular formula is C48H117N15. The highest BCUT2D eigenvalue weighted by Crippen LogP contribution is 2.18. The van der Waals surface area contributed by atoms with E-state index in [1.807, 2.05) is 34.9 Å². The molecule has 0 unspecified atom stereocenters. The molecule has 4 aliphatic rings. The average Bonchev–Trinajstić information content (AvgIpc) is 3.24. The first kappa shape index (κ1) is 66.7. The molecule has 384 valence electrons. The van der Waals surface area contributed by atoms with Crippen molar-refractivity contribution in [2.75, 3.05) is 165 Å². The van der Waals surface area contributed by atoms with Gasteiger partial charge in [0.05, 0.1) is 0 Å². The van der Waals surface area contributed by atoms with Crippen LogP contribution >= 0.6 is 0 Å². The highest BCUT2D eigenvalue weighted by atomic mass is 15.2. The Balaban J connectivity index is -0.000000721. The fraction of sp³-hybridized carbons (Fsp3) is 1.00. The van der Waals surface area contributed by atoms with Crippen LogP contribution in [0.25, 0.3) is 0 Å². The van der Waals surface area contributed by atoms with E-state index >= 15 is 0 Å². The van der Waals surface area contributed by atoms with E-state index in [9.17, 15) is 0 Å². The zero-order valence-corrected chi connectivity index (χ0v) is 43.7. The van der Waals surface area contributed by atoms with Gasteiger partial charge in [-0.2, -0.15) is 0 Å². The lowest BCUT2D eigenvalue weighted by atomic mass is 9.93. The van der Waals surface area contributed by atoms with E-state index in [-0.39, 0.29) is 0 Å². The minimum absolute atomic E-state index is 0.761. The summed E-state index contributed by atoms with van der Waals surface area (Å²) in [6.45, 7) is 39.2. The first-order valence-electron chi connectivity index (χ1n) is 26.6. The second kappa shape index (κ2) is 59.4. The normalized spacial score (nSPS) is 15.4. The molecule has 0 bridgehead atoms. The Labute approximate surface area is 393 Å². The highest BCUT2D eigenvalue weighted by molar-refractivity contribution is 4.78. The summed E-state index contributed by atoms with van der Waals surface area (Å²) in [5.41, 5.74) is 7.97. The Bertz CT molecular complexity index is 760. The molecule has 0 radical (unpaired) electrons. The zero-order chi connectivity index (χ0) is 47.1. The predicted molar refractivity (Wildman–Crippen MR) is 281 cm³/mol. The van der Waals surface area contributed by atoms with Crippen molar-refractivity contribution < 1.29 is 0 Å². The Morgan fingerprint density at radius 2 is 0.730 bits per heavy atom. The minimum Gasteiger partial charge on any atom is -0.329 e. The number of nitrogens with two attached hydrogens (primary N) is 2. The minimum atomic E-state index is 0.761. The van der Waals surface area contributed by atoms with Crippen LogP contribution in [-0.4, -0.2) is 193 Å². The molecule has 4 saturated carbocycles. The Morgan fingerprint density at radius 3 is 1.06 bits per heavy atom. The van der Waals surface area contributed by atoms with Crippen LogP contribution < -0.4 is 70.2 Å². The standard InChI is InChI=1S/C12H28N4.C11H26N4.C11H25N3.C6H16N2.C4H8.C2H8N2.C2H6/c1-2-16(10-6-13)11-9-14-7-8-15-12-4-3-5-12;1-12-5-6-13-7-8-14-9-10-15-11-3-2-4-11;1-3-14(9-7-12-2)10-8-13-11-5-4-6-11;1-3-7-5-6-8-4-2;1-2-4-3-1;1-2-4-3;1-2/h12,14-15H,2-11,13H2,1H3;11-15H,2-10H2,1H3;11-13H,3-10H2,1-2H3;7-8H,3-6H2,1-2H3;1-4H2;4H,2-3H2,1H3;1-2H3. The maximum atomic E-state index is 5.54. The molecule has 0 aromatic heterocycles. The van der Waals surface area contributed by atoms with E-state index in [0.717, 1.165) is 156 Å². The van der Waals surface area contributed by atoms with Crippen molar-refractivity contribution in [3.05, 3.63) is 0 Å². The van der Waals surface area contributed by atoms with Gasteiger partial charge in [-0.15, -0.1) is 0 Å². The summed E-state index contributed by atoms with van der Waals surface area (Å²) in [5.74, 6) is 4.78. The van der Waals surface area contributed by atoms with Gasteiger partial charge in [-0.3, -0.25) is 11.3 Å². The molecule has 4 aliphatic carbocycles. The van der Waals surface area contributed by atoms with Gasteiger partial charge in [0, 0.05) is 142 Å². The molecule has 0 amide bonds. The van der Waals surface area contributed by atoms with E-state index in [0.29, 0.717) is 0 Å². The van der Waals surface area contributed by atoms with Crippen LogP contribution in [0, 0.1) is 0 Å². The molecule has 0 spiro atoms. The number of rotatable bonds is 34. The van der Waals surface area contributed by atoms with E-state index < -0.39 is 0 Å². The number of likely N-dealkylation sites (N-methyl/N-ethyl adjacent to an activating group) is 6. The molecule has 0 saturated heterocycles. The second-order valence-electron chi connectivity index (χ2n) is 16.5. The molecule has 0 heterocycles. The average molecular weight is 905 g/mol. The van der Waals surface area contributed by atoms with Crippen molar-refractivity contribution in [2.24, 2.45) is 11.6 Å². The lowest BCUT2D eigenvalue weighted by molar-refractivity contribution is 0.265. The summed E-state index contributed by atoms with van der Waals surface area (Å²) in [4.78, 5) is 4.87. The number of hydrazine groups is 1. The number of hydrogen-bond acceptors (Lipinski definition) is 15. The van der Waals surface area contributed by atoms with Crippen LogP contribution in [0.3, 0.4) is 0 Å². The fourth-order valence-electron chi connectivity index (χ4n) is 6.08. The molecule has 15 heteroatoms. The lowest BCUT2D eigenvalue weighted by Crippen LogP contribution is -2.41. The van der Waals surface area contributed by atoms with Crippen LogP contribution in [0.1, 0.15) is 132 Å². The summed E-state index contributed by atoms with van der Waals surface area (Å²) in [5, 5.41) is 33.7. The van der Waals surface area contributed by atoms with Crippen molar-refractivity contribution in [2.45, 2.75) is 150 Å². The van der Waals surface area contributed by atoms with Gasteiger partial charge in [-0.05, 0) is 78.8 Å². The summed E-state index contributed by atoms with van der Waals surface area (Å²) < 4.78 is 0. The molecule has 15 N–H and O–H groups in total. The van der Waals surface area contributed by atoms with Crippen LogP contribution in [-0.2, 0) is 0 Å². The van der Waals surface area contributed by atoms with E-state index in [4.69, 9.17) is 11.6 Å². The molecular weight excluding hydrogens is 787 g/mol. The first-order chi connectivity index (χ1) is 31.0. The zero-order valence-electron chi connectivity index (χ0n) is 43.7. The van der Waals surface area contributed by atoms with Crippen molar-refractivity contribution in [1.82, 2.24) is 68.4 Å². The summed E-state index contributed by atoms with van der Waals surface area (Å²) in [7, 11) is 3.99. The van der Waals surface area contributed by atoms with Crippen molar-refractivity contribution in [1.29, 1.82) is 0 Å². The maximum absolute atomic E-state index is 5.54. The predicted octanol–water partition coefficient (Wildman–Crippen LogP) is 2.46. The van der Waals surface area contributed by atoms with Crippen LogP contribution in [0.4, 0.5) is 0 Å². The number of nitrogens with one attached hydrogen (secondary N) is 11. The molecule has 63 heavy (non-hydrogen) atoms. The molecule has 15 nitrogen and oxygen atoms in total. The van der Waals surface area contributed by atoms with Gasteiger partial charge in [0.25, 0.3) is 0 Å². The monoisotopic (exact) mass is 904 g/mol. The third-order valence-electron chi connectivity index (χ3n) is 11.5. The van der Waals surface area contributed by atoms with Gasteiger partial charge in [-0.1, -0.05) is 93.4 Å². The van der Waals surface area contributed by atoms with Gasteiger partial charge in [0.1, 0.15) is 0 Å². The van der Waals surface area contributed by atoms with Gasteiger partial charge >= 0.3 is 0 Å². The number of nitrogens with zero attached hydrogens (tertiary/aromatic N) is 2. The maximum Gasteiger partial charge on any atom is 0.0107 e. The van der Waals surface area contributed by atoms with Gasteiger partial charge in [0.15, 0.2) is 0 Å². The molecule has 0 aromatic rings. The first-order valence-corrected chi connectivity index (χ1v) is 26.6. The quantitative estimate of drug-likeness (QED) is 0.0256. The van der Waals surface area contributed by atoms with Crippen LogP contribution in [0.5, 0.6) is 0 Å². The summed E-state index contributed by atoms with van der Waals surface area (Å²) in [6.07, 6.45) is 18.5. The van der Waals surface area contributed by atoms with Crippen molar-refractivity contribution >= 4 is 0 Å². The topological polar surface area (TPSA) is 191 Å². The Morgan fingerprint density at radius 1 is 0.397 bits per heavy atom. The second-order valence-corrected chi connectivity index (χ2v) is 16.5. The van der Waals surface area contributed by atoms with Gasteiger partial charge in [-0.25, -0.2) is 0 Å². The third-order valence-corrected chi connectivity index (χ3v) is 11.5. The smallest absolute Gasteiger partial charge is 0.0107 e. The summed E-state index contributed by atoms with van der Waals surface area (Å²) >= 11 is 0. The van der Waals surface area contributed by atoms with E-state index in [1.54, 1.807) is 0 Å². The SMILES string of the molecule is C1CCC1.CC.CCN(CCN)CCNCCNC1CCC1.CCN(CCNC)CCNC1CCC1.CCNCCNCC.CCNN.CNCCNCCNCCNC1CCC1. The molecule has 4 rings (SSSR count). The third kappa shape index (κ3) is 52.2. The fourth-order valence-corrected chi connectivity index (χ4v) is 6.08. The highest BCUT2D eigenvalue weighted by Gasteiger charge is 2.17. The van der Waals surface area contributed by atoms with Gasteiger partial charge < -0.3 is 68.7 Å². The van der Waals surface area contributed by atoms with Crippen LogP contribution in [0.15, 0.2) is 0 Å². The Kier molecular flexibility index (Phi) is 62.9. The molecule has 0 aliphatic heterocycles. The number of hydrogen-bond donors (Lipinski definition) is 13. The van der Waals surface area contributed by atoms with Gasteiger partial charge in [0.2, 0.25) is 0 Å². The van der Waals surface area contributed by atoms with Crippen LogP contribution in [0.2, 0.25) is 0 Å². The van der Waals surface area contributed by atoms with E-state index in [1.165, 1.54) is 96.6 Å². The molecule has 4 fully saturated rings.